The number of carbonyl (C=O) groups is 1. The number of rotatable bonds is 3. The van der Waals surface area contributed by atoms with E-state index >= 15 is 0 Å². The molecule has 6 heteroatoms. The summed E-state index contributed by atoms with van der Waals surface area (Å²) in [4.78, 5) is 18.7. The SMILES string of the molecule is Nc1cccc(C(=O)Nc2ccc(N3CCOCC3)nc2)c1. The van der Waals surface area contributed by atoms with E-state index in [1.165, 1.54) is 0 Å². The van der Waals surface area contributed by atoms with Crippen LogP contribution in [0.1, 0.15) is 10.4 Å². The molecule has 0 aliphatic carbocycles. The fourth-order valence-electron chi connectivity index (χ4n) is 2.32. The van der Waals surface area contributed by atoms with Gasteiger partial charge in [-0.1, -0.05) is 6.07 Å². The van der Waals surface area contributed by atoms with Crippen LogP contribution in [0.2, 0.25) is 0 Å². The lowest BCUT2D eigenvalue weighted by molar-refractivity contribution is 0.102. The highest BCUT2D eigenvalue weighted by atomic mass is 16.5. The second-order valence-corrected chi connectivity index (χ2v) is 5.08. The number of amides is 1. The summed E-state index contributed by atoms with van der Waals surface area (Å²) in [5.41, 5.74) is 7.43. The predicted octanol–water partition coefficient (Wildman–Crippen LogP) is 1.75. The summed E-state index contributed by atoms with van der Waals surface area (Å²) in [6, 6.07) is 10.6. The fraction of sp³-hybridized carbons (Fsp3) is 0.250. The summed E-state index contributed by atoms with van der Waals surface area (Å²) in [6.07, 6.45) is 1.66. The first-order valence-electron chi connectivity index (χ1n) is 7.18. The van der Waals surface area contributed by atoms with E-state index in [1.807, 2.05) is 12.1 Å². The van der Waals surface area contributed by atoms with Gasteiger partial charge < -0.3 is 20.7 Å². The van der Waals surface area contributed by atoms with Crippen LogP contribution in [0.4, 0.5) is 17.2 Å². The maximum atomic E-state index is 12.1. The van der Waals surface area contributed by atoms with Crippen LogP contribution in [-0.2, 0) is 4.74 Å². The summed E-state index contributed by atoms with van der Waals surface area (Å²) < 4.78 is 5.32. The van der Waals surface area contributed by atoms with E-state index in [0.29, 0.717) is 16.9 Å². The van der Waals surface area contributed by atoms with Crippen LogP contribution >= 0.6 is 0 Å². The molecule has 2 aromatic rings. The number of benzene rings is 1. The summed E-state index contributed by atoms with van der Waals surface area (Å²) in [5, 5.41) is 2.82. The number of carbonyl (C=O) groups excluding carboxylic acids is 1. The molecule has 114 valence electrons. The lowest BCUT2D eigenvalue weighted by atomic mass is 10.2. The minimum atomic E-state index is -0.201. The molecule has 2 heterocycles. The molecule has 1 amide bonds. The van der Waals surface area contributed by atoms with Crippen molar-refractivity contribution in [2.24, 2.45) is 0 Å². The molecule has 1 aromatic heterocycles. The van der Waals surface area contributed by atoms with Crippen molar-refractivity contribution in [1.29, 1.82) is 0 Å². The zero-order valence-corrected chi connectivity index (χ0v) is 12.2. The summed E-state index contributed by atoms with van der Waals surface area (Å²) in [5.74, 6) is 0.693. The first kappa shape index (κ1) is 14.3. The van der Waals surface area contributed by atoms with Crippen molar-refractivity contribution in [2.75, 3.05) is 42.3 Å². The molecule has 1 aromatic carbocycles. The number of aromatic nitrogens is 1. The van der Waals surface area contributed by atoms with E-state index in [1.54, 1.807) is 30.5 Å². The lowest BCUT2D eigenvalue weighted by Gasteiger charge is -2.27. The highest BCUT2D eigenvalue weighted by Crippen LogP contribution is 2.16. The van der Waals surface area contributed by atoms with E-state index in [9.17, 15) is 4.79 Å². The molecule has 0 radical (unpaired) electrons. The Hall–Kier alpha value is -2.60. The topological polar surface area (TPSA) is 80.5 Å². The molecule has 0 saturated carbocycles. The third-order valence-electron chi connectivity index (χ3n) is 3.49. The maximum Gasteiger partial charge on any atom is 0.255 e. The van der Waals surface area contributed by atoms with Crippen LogP contribution in [0.5, 0.6) is 0 Å². The van der Waals surface area contributed by atoms with Gasteiger partial charge in [0.25, 0.3) is 5.91 Å². The zero-order valence-electron chi connectivity index (χ0n) is 12.2. The molecule has 1 aliphatic rings. The van der Waals surface area contributed by atoms with E-state index in [-0.39, 0.29) is 5.91 Å². The molecule has 0 atom stereocenters. The Kier molecular flexibility index (Phi) is 4.20. The average molecular weight is 298 g/mol. The van der Waals surface area contributed by atoms with E-state index < -0.39 is 0 Å². The molecule has 0 spiro atoms. The minimum absolute atomic E-state index is 0.201. The van der Waals surface area contributed by atoms with Crippen molar-refractivity contribution in [3.63, 3.8) is 0 Å². The quantitative estimate of drug-likeness (QED) is 0.844. The van der Waals surface area contributed by atoms with Crippen molar-refractivity contribution >= 4 is 23.1 Å². The Morgan fingerprint density at radius 3 is 2.73 bits per heavy atom. The van der Waals surface area contributed by atoms with Gasteiger partial charge in [-0.05, 0) is 30.3 Å². The number of ether oxygens (including phenoxy) is 1. The van der Waals surface area contributed by atoms with Crippen molar-refractivity contribution < 1.29 is 9.53 Å². The van der Waals surface area contributed by atoms with Gasteiger partial charge in [0.2, 0.25) is 0 Å². The van der Waals surface area contributed by atoms with Gasteiger partial charge in [0.05, 0.1) is 25.1 Å². The summed E-state index contributed by atoms with van der Waals surface area (Å²) >= 11 is 0. The molecule has 6 nitrogen and oxygen atoms in total. The number of nitrogens with one attached hydrogen (secondary N) is 1. The van der Waals surface area contributed by atoms with Gasteiger partial charge in [-0.2, -0.15) is 0 Å². The number of nitrogens with two attached hydrogens (primary N) is 1. The fourth-order valence-corrected chi connectivity index (χ4v) is 2.32. The Balaban J connectivity index is 1.66. The molecule has 22 heavy (non-hydrogen) atoms. The van der Waals surface area contributed by atoms with Gasteiger partial charge in [-0.25, -0.2) is 4.98 Å². The van der Waals surface area contributed by atoms with Crippen LogP contribution in [0.25, 0.3) is 0 Å². The first-order valence-corrected chi connectivity index (χ1v) is 7.18. The van der Waals surface area contributed by atoms with Gasteiger partial charge in [-0.15, -0.1) is 0 Å². The molecule has 1 saturated heterocycles. The number of morpholine rings is 1. The number of hydrogen-bond donors (Lipinski definition) is 2. The van der Waals surface area contributed by atoms with Gasteiger partial charge >= 0.3 is 0 Å². The highest BCUT2D eigenvalue weighted by molar-refractivity contribution is 6.04. The maximum absolute atomic E-state index is 12.1. The van der Waals surface area contributed by atoms with Gasteiger partial charge in [0.1, 0.15) is 5.82 Å². The van der Waals surface area contributed by atoms with Crippen LogP contribution < -0.4 is 16.0 Å². The second-order valence-electron chi connectivity index (χ2n) is 5.08. The summed E-state index contributed by atoms with van der Waals surface area (Å²) in [6.45, 7) is 3.11. The minimum Gasteiger partial charge on any atom is -0.399 e. The molecule has 3 rings (SSSR count). The predicted molar refractivity (Wildman–Crippen MR) is 86.1 cm³/mol. The third kappa shape index (κ3) is 3.35. The number of nitrogen functional groups attached to an aromatic ring is 1. The molecule has 0 bridgehead atoms. The Morgan fingerprint density at radius 1 is 1.23 bits per heavy atom. The Morgan fingerprint density at radius 2 is 2.05 bits per heavy atom. The zero-order chi connectivity index (χ0) is 15.4. The van der Waals surface area contributed by atoms with E-state index in [0.717, 1.165) is 32.1 Å². The third-order valence-corrected chi connectivity index (χ3v) is 3.49. The smallest absolute Gasteiger partial charge is 0.255 e. The van der Waals surface area contributed by atoms with Crippen LogP contribution in [0.15, 0.2) is 42.6 Å². The first-order chi connectivity index (χ1) is 10.7. The second kappa shape index (κ2) is 6.44. The van der Waals surface area contributed by atoms with Gasteiger partial charge in [-0.3, -0.25) is 4.79 Å². The van der Waals surface area contributed by atoms with Crippen molar-refractivity contribution in [3.8, 4) is 0 Å². The normalized spacial score (nSPS) is 14.6. The van der Waals surface area contributed by atoms with E-state index in [4.69, 9.17) is 10.5 Å². The van der Waals surface area contributed by atoms with E-state index in [2.05, 4.69) is 15.2 Å². The standard InChI is InChI=1S/C16H18N4O2/c17-13-3-1-2-12(10-13)16(21)19-14-4-5-15(18-11-14)20-6-8-22-9-7-20/h1-5,10-11H,6-9,17H2,(H,19,21). The van der Waals surface area contributed by atoms with Crippen LogP contribution in [0, 0.1) is 0 Å². The summed E-state index contributed by atoms with van der Waals surface area (Å²) in [7, 11) is 0. The molecular formula is C16H18N4O2. The number of nitrogens with zero attached hydrogens (tertiary/aromatic N) is 2. The average Bonchev–Trinajstić information content (AvgIpc) is 2.56. The molecule has 1 aliphatic heterocycles. The molecule has 1 fully saturated rings. The Labute approximate surface area is 128 Å². The van der Waals surface area contributed by atoms with Crippen molar-refractivity contribution in [3.05, 3.63) is 48.2 Å². The van der Waals surface area contributed by atoms with Gasteiger partial charge in [0.15, 0.2) is 0 Å². The van der Waals surface area contributed by atoms with Crippen LogP contribution in [0.3, 0.4) is 0 Å². The van der Waals surface area contributed by atoms with Crippen LogP contribution in [-0.4, -0.2) is 37.2 Å². The van der Waals surface area contributed by atoms with Gasteiger partial charge in [0, 0.05) is 24.3 Å². The number of pyridine rings is 1. The van der Waals surface area contributed by atoms with Crippen molar-refractivity contribution in [1.82, 2.24) is 4.98 Å². The number of anilines is 3. The van der Waals surface area contributed by atoms with Crippen molar-refractivity contribution in [2.45, 2.75) is 0 Å². The monoisotopic (exact) mass is 298 g/mol. The lowest BCUT2D eigenvalue weighted by Crippen LogP contribution is -2.36. The molecule has 3 N–H and O–H groups in total. The Bertz CT molecular complexity index is 651. The molecular weight excluding hydrogens is 280 g/mol. The number of hydrogen-bond acceptors (Lipinski definition) is 5. The molecule has 0 unspecified atom stereocenters. The highest BCUT2D eigenvalue weighted by Gasteiger charge is 2.12. The largest absolute Gasteiger partial charge is 0.399 e.